The topological polar surface area (TPSA) is 51.1 Å². The Morgan fingerprint density at radius 3 is 2.28 bits per heavy atom. The summed E-state index contributed by atoms with van der Waals surface area (Å²) in [4.78, 5) is 20.5. The second kappa shape index (κ2) is 8.48. The standard InChI is InChI=1S/C25H19BrN2O3S/c1-15-3-7-18(8-4-15)27-25-28(19-9-5-16(2)6-10-19)24(29)23(32-25)12-17-11-21-22(13-20(17)26)31-14-30-21/h3-13H,14H2,1-2H3/b23-12-,27-25?. The van der Waals surface area contributed by atoms with Crippen molar-refractivity contribution in [1.29, 1.82) is 0 Å². The third-order valence-electron chi connectivity index (χ3n) is 5.14. The Bertz CT molecular complexity index is 1270. The first kappa shape index (κ1) is 20.8. The van der Waals surface area contributed by atoms with Gasteiger partial charge in [-0.2, -0.15) is 0 Å². The summed E-state index contributed by atoms with van der Waals surface area (Å²) in [5, 5.41) is 0.617. The van der Waals surface area contributed by atoms with E-state index in [-0.39, 0.29) is 12.7 Å². The van der Waals surface area contributed by atoms with Gasteiger partial charge >= 0.3 is 0 Å². The minimum Gasteiger partial charge on any atom is -0.454 e. The summed E-state index contributed by atoms with van der Waals surface area (Å²) in [5.74, 6) is 1.24. The number of anilines is 1. The van der Waals surface area contributed by atoms with Crippen LogP contribution in [0, 0.1) is 13.8 Å². The second-order valence-electron chi connectivity index (χ2n) is 7.54. The predicted molar refractivity (Wildman–Crippen MR) is 133 cm³/mol. The zero-order valence-corrected chi connectivity index (χ0v) is 19.9. The maximum Gasteiger partial charge on any atom is 0.271 e. The lowest BCUT2D eigenvalue weighted by Crippen LogP contribution is -2.28. The lowest BCUT2D eigenvalue weighted by Gasteiger charge is -2.16. The number of aliphatic imine (C=N–C) groups is 1. The molecule has 0 aliphatic carbocycles. The molecule has 1 amide bonds. The molecule has 160 valence electrons. The van der Waals surface area contributed by atoms with E-state index in [4.69, 9.17) is 14.5 Å². The van der Waals surface area contributed by atoms with Gasteiger partial charge in [-0.3, -0.25) is 9.69 Å². The summed E-state index contributed by atoms with van der Waals surface area (Å²) >= 11 is 4.93. The third kappa shape index (κ3) is 4.06. The minimum absolute atomic E-state index is 0.116. The van der Waals surface area contributed by atoms with Crippen molar-refractivity contribution < 1.29 is 14.3 Å². The van der Waals surface area contributed by atoms with Gasteiger partial charge < -0.3 is 9.47 Å². The number of carbonyl (C=O) groups excluding carboxylic acids is 1. The molecule has 0 spiro atoms. The molecule has 2 aliphatic rings. The lowest BCUT2D eigenvalue weighted by molar-refractivity contribution is -0.113. The van der Waals surface area contributed by atoms with Crippen LogP contribution in [0.2, 0.25) is 0 Å². The van der Waals surface area contributed by atoms with Gasteiger partial charge in [-0.05, 0) is 73.6 Å². The van der Waals surface area contributed by atoms with Gasteiger partial charge in [0.2, 0.25) is 6.79 Å². The van der Waals surface area contributed by atoms with E-state index >= 15 is 0 Å². The van der Waals surface area contributed by atoms with Gasteiger partial charge in [0.05, 0.1) is 16.3 Å². The Morgan fingerprint density at radius 1 is 0.969 bits per heavy atom. The van der Waals surface area contributed by atoms with E-state index in [1.54, 1.807) is 4.90 Å². The first-order chi connectivity index (χ1) is 15.5. The second-order valence-corrected chi connectivity index (χ2v) is 9.41. The molecule has 0 N–H and O–H groups in total. The number of amides is 1. The number of carbonyl (C=O) groups is 1. The van der Waals surface area contributed by atoms with Crippen LogP contribution < -0.4 is 14.4 Å². The van der Waals surface area contributed by atoms with Crippen LogP contribution in [0.1, 0.15) is 16.7 Å². The van der Waals surface area contributed by atoms with Crippen LogP contribution in [0.3, 0.4) is 0 Å². The number of rotatable bonds is 3. The van der Waals surface area contributed by atoms with Crippen LogP contribution in [0.4, 0.5) is 11.4 Å². The number of halogens is 1. The summed E-state index contributed by atoms with van der Waals surface area (Å²) in [7, 11) is 0. The number of benzene rings is 3. The number of nitrogens with zero attached hydrogens (tertiary/aromatic N) is 2. The maximum atomic E-state index is 13.5. The van der Waals surface area contributed by atoms with Gasteiger partial charge in [-0.15, -0.1) is 0 Å². The first-order valence-electron chi connectivity index (χ1n) is 10.0. The maximum absolute atomic E-state index is 13.5. The van der Waals surface area contributed by atoms with Crippen LogP contribution in [-0.4, -0.2) is 17.9 Å². The summed E-state index contributed by atoms with van der Waals surface area (Å²) in [6.45, 7) is 4.26. The molecule has 0 saturated carbocycles. The molecule has 0 unspecified atom stereocenters. The summed E-state index contributed by atoms with van der Waals surface area (Å²) in [6.07, 6.45) is 1.86. The van der Waals surface area contributed by atoms with Crippen molar-refractivity contribution in [1.82, 2.24) is 0 Å². The summed E-state index contributed by atoms with van der Waals surface area (Å²) < 4.78 is 11.8. The lowest BCUT2D eigenvalue weighted by atomic mass is 10.1. The van der Waals surface area contributed by atoms with Crippen LogP contribution in [0.5, 0.6) is 11.5 Å². The van der Waals surface area contributed by atoms with E-state index < -0.39 is 0 Å². The van der Waals surface area contributed by atoms with E-state index in [2.05, 4.69) is 15.9 Å². The SMILES string of the molecule is Cc1ccc(N=C2S/C(=C\c3cc4c(cc3Br)OCO4)C(=O)N2c2ccc(C)cc2)cc1. The molecule has 3 aromatic carbocycles. The molecule has 7 heteroatoms. The first-order valence-corrected chi connectivity index (χ1v) is 11.6. The summed E-state index contributed by atoms with van der Waals surface area (Å²) in [5.41, 5.74) is 4.71. The fraction of sp³-hybridized carbons (Fsp3) is 0.120. The predicted octanol–water partition coefficient (Wildman–Crippen LogP) is 6.60. The van der Waals surface area contributed by atoms with Crippen molar-refractivity contribution in [2.24, 2.45) is 4.99 Å². The van der Waals surface area contributed by atoms with Gasteiger partial charge in [-0.25, -0.2) is 4.99 Å². The average molecular weight is 507 g/mol. The highest BCUT2D eigenvalue weighted by atomic mass is 79.9. The quantitative estimate of drug-likeness (QED) is 0.375. The summed E-state index contributed by atoms with van der Waals surface area (Å²) in [6, 6.07) is 19.5. The molecule has 0 bridgehead atoms. The Balaban J connectivity index is 1.57. The van der Waals surface area contributed by atoms with E-state index in [9.17, 15) is 4.79 Å². The van der Waals surface area contributed by atoms with Crippen LogP contribution in [0.15, 0.2) is 75.0 Å². The Labute approximate surface area is 198 Å². The van der Waals surface area contributed by atoms with Gasteiger partial charge in [0, 0.05) is 4.47 Å². The Morgan fingerprint density at radius 2 is 1.59 bits per heavy atom. The highest BCUT2D eigenvalue weighted by Crippen LogP contribution is 2.41. The van der Waals surface area contributed by atoms with E-state index in [0.717, 1.165) is 32.5 Å². The number of amidine groups is 1. The zero-order valence-electron chi connectivity index (χ0n) is 17.5. The number of fused-ring (bicyclic) bond motifs is 1. The van der Waals surface area contributed by atoms with Crippen LogP contribution >= 0.6 is 27.7 Å². The molecule has 2 heterocycles. The highest BCUT2D eigenvalue weighted by molar-refractivity contribution is 9.10. The van der Waals surface area contributed by atoms with Gasteiger partial charge in [0.1, 0.15) is 0 Å². The van der Waals surface area contributed by atoms with Crippen molar-refractivity contribution in [3.05, 3.63) is 86.7 Å². The molecular weight excluding hydrogens is 488 g/mol. The number of hydrogen-bond acceptors (Lipinski definition) is 5. The molecule has 5 rings (SSSR count). The molecule has 5 nitrogen and oxygen atoms in total. The van der Waals surface area contributed by atoms with Crippen LogP contribution in [-0.2, 0) is 4.79 Å². The van der Waals surface area contributed by atoms with Crippen molar-refractivity contribution >= 4 is 56.2 Å². The molecule has 1 fully saturated rings. The molecular formula is C25H19BrN2O3S. The number of ether oxygens (including phenoxy) is 2. The van der Waals surface area contributed by atoms with Crippen molar-refractivity contribution in [3.8, 4) is 11.5 Å². The van der Waals surface area contributed by atoms with Crippen LogP contribution in [0.25, 0.3) is 6.08 Å². The number of thioether (sulfide) groups is 1. The highest BCUT2D eigenvalue weighted by Gasteiger charge is 2.35. The molecule has 3 aromatic rings. The Kier molecular flexibility index (Phi) is 5.53. The number of aryl methyl sites for hydroxylation is 2. The molecule has 32 heavy (non-hydrogen) atoms. The molecule has 0 atom stereocenters. The molecule has 1 saturated heterocycles. The average Bonchev–Trinajstić information content (AvgIpc) is 3.35. The van der Waals surface area contributed by atoms with Crippen molar-refractivity contribution in [2.75, 3.05) is 11.7 Å². The number of hydrogen-bond donors (Lipinski definition) is 0. The molecule has 0 radical (unpaired) electrons. The monoisotopic (exact) mass is 506 g/mol. The van der Waals surface area contributed by atoms with Gasteiger partial charge in [-0.1, -0.05) is 51.3 Å². The smallest absolute Gasteiger partial charge is 0.271 e. The zero-order chi connectivity index (χ0) is 22.2. The fourth-order valence-corrected chi connectivity index (χ4v) is 4.81. The minimum atomic E-state index is -0.116. The third-order valence-corrected chi connectivity index (χ3v) is 6.79. The van der Waals surface area contributed by atoms with E-state index in [1.165, 1.54) is 11.8 Å². The normalized spacial score (nSPS) is 17.6. The van der Waals surface area contributed by atoms with Gasteiger partial charge in [0.15, 0.2) is 16.7 Å². The van der Waals surface area contributed by atoms with Crippen molar-refractivity contribution in [3.63, 3.8) is 0 Å². The largest absolute Gasteiger partial charge is 0.454 e. The molecule has 0 aromatic heterocycles. The fourth-order valence-electron chi connectivity index (χ4n) is 3.38. The van der Waals surface area contributed by atoms with E-state index in [0.29, 0.717) is 21.6 Å². The Hall–Kier alpha value is -3.03. The van der Waals surface area contributed by atoms with E-state index in [1.807, 2.05) is 80.6 Å². The molecule has 2 aliphatic heterocycles. The van der Waals surface area contributed by atoms with Gasteiger partial charge in [0.25, 0.3) is 5.91 Å². The van der Waals surface area contributed by atoms with Crippen molar-refractivity contribution in [2.45, 2.75) is 13.8 Å².